The predicted octanol–water partition coefficient (Wildman–Crippen LogP) is 4.69. The van der Waals surface area contributed by atoms with Crippen LogP contribution in [-0.4, -0.2) is 33.7 Å². The molecule has 3 aromatic rings. The summed E-state index contributed by atoms with van der Waals surface area (Å²) in [5.74, 6) is -0.111. The van der Waals surface area contributed by atoms with Gasteiger partial charge in [-0.1, -0.05) is 19.9 Å². The normalized spacial score (nSPS) is 9.91. The highest BCUT2D eigenvalue weighted by Crippen LogP contribution is 2.25. The first-order valence-electron chi connectivity index (χ1n) is 10.9. The summed E-state index contributed by atoms with van der Waals surface area (Å²) in [5, 5.41) is 28.1. The molecule has 34 heavy (non-hydrogen) atoms. The van der Waals surface area contributed by atoms with Gasteiger partial charge in [-0.15, -0.1) is 0 Å². The van der Waals surface area contributed by atoms with E-state index in [9.17, 15) is 19.5 Å². The molecule has 0 amide bonds. The van der Waals surface area contributed by atoms with Gasteiger partial charge in [-0.3, -0.25) is 9.59 Å². The van der Waals surface area contributed by atoms with E-state index in [0.29, 0.717) is 18.6 Å². The van der Waals surface area contributed by atoms with E-state index in [2.05, 4.69) is 4.74 Å². The fourth-order valence-corrected chi connectivity index (χ4v) is 2.76. The highest BCUT2D eigenvalue weighted by atomic mass is 16.5. The van der Waals surface area contributed by atoms with Crippen molar-refractivity contribution in [2.75, 3.05) is 6.61 Å². The average Bonchev–Trinajstić information content (AvgIpc) is 2.78. The van der Waals surface area contributed by atoms with E-state index in [0.717, 1.165) is 28.5 Å². The summed E-state index contributed by atoms with van der Waals surface area (Å²) >= 11 is 0. The number of benzene rings is 2. The monoisotopic (exact) mass is 472 g/mol. The fourth-order valence-electron chi connectivity index (χ4n) is 2.76. The van der Waals surface area contributed by atoms with Crippen molar-refractivity contribution in [2.45, 2.75) is 53.9 Å². The van der Waals surface area contributed by atoms with Gasteiger partial charge in [-0.25, -0.2) is 4.79 Å². The zero-order valence-corrected chi connectivity index (χ0v) is 20.2. The number of Topliss-reactive ketones (excluding diaryl/α,β-unsaturated/α-hetero) is 1. The van der Waals surface area contributed by atoms with E-state index in [-0.39, 0.29) is 35.1 Å². The Bertz CT molecular complexity index is 1180. The number of hydrogen-bond acceptors (Lipinski definition) is 8. The third-order valence-corrected chi connectivity index (χ3v) is 4.76. The van der Waals surface area contributed by atoms with Gasteiger partial charge < -0.3 is 24.5 Å². The number of fused-ring (bicyclic) bond motifs is 1. The summed E-state index contributed by atoms with van der Waals surface area (Å²) in [4.78, 5) is 32.4. The first-order valence-corrected chi connectivity index (χ1v) is 10.9. The van der Waals surface area contributed by atoms with E-state index in [4.69, 9.17) is 14.6 Å². The van der Waals surface area contributed by atoms with E-state index < -0.39 is 5.97 Å². The Labute approximate surface area is 198 Å². The molecule has 184 valence electrons. The Morgan fingerprint density at radius 3 is 2.09 bits per heavy atom. The number of carbonyl (C=O) groups excluding carboxylic acids is 2. The highest BCUT2D eigenvalue weighted by Gasteiger charge is 2.07. The summed E-state index contributed by atoms with van der Waals surface area (Å²) in [6.07, 6.45) is 1.09. The van der Waals surface area contributed by atoms with Gasteiger partial charge in [-0.2, -0.15) is 0 Å². The first-order chi connectivity index (χ1) is 16.0. The molecule has 3 rings (SSSR count). The van der Waals surface area contributed by atoms with E-state index >= 15 is 0 Å². The number of hydrogen-bond donors (Lipinski definition) is 3. The molecule has 0 aliphatic carbocycles. The molecule has 0 unspecified atom stereocenters. The number of esters is 1. The van der Waals surface area contributed by atoms with Gasteiger partial charge in [-0.05, 0) is 56.0 Å². The number of aryl methyl sites for hydroxylation is 3. The lowest BCUT2D eigenvalue weighted by molar-refractivity contribution is -0.145. The van der Waals surface area contributed by atoms with Gasteiger partial charge in [0.25, 0.3) is 0 Å². The van der Waals surface area contributed by atoms with Crippen LogP contribution in [0.1, 0.15) is 50.3 Å². The van der Waals surface area contributed by atoms with Crippen LogP contribution >= 0.6 is 0 Å². The minimum absolute atomic E-state index is 0.0709. The second-order valence-electron chi connectivity index (χ2n) is 7.42. The standard InChI is InChI=1S/C12H12O3.C7H12O3.C7H8O2/c1-3-8-5-12(14)15-11-6-10(13)7(2)4-9(8)11;1-3-6(8)5-7(9)10-4-2;1-5-2-3-6(8)4-7(5)9/h4-6,13H,3H2,1-2H3;3-5H2,1-2H3;2-4,8-9H,1H3. The number of phenols is 3. The third kappa shape index (κ3) is 8.97. The molecular formula is C26H32O8. The smallest absolute Gasteiger partial charge is 0.336 e. The van der Waals surface area contributed by atoms with Gasteiger partial charge in [0.15, 0.2) is 0 Å². The third-order valence-electron chi connectivity index (χ3n) is 4.76. The van der Waals surface area contributed by atoms with Crippen LogP contribution in [0.15, 0.2) is 45.6 Å². The topological polar surface area (TPSA) is 134 Å². The minimum atomic E-state index is -0.422. The lowest BCUT2D eigenvalue weighted by Gasteiger charge is -2.05. The van der Waals surface area contributed by atoms with E-state index in [1.165, 1.54) is 24.3 Å². The molecule has 0 radical (unpaired) electrons. The molecule has 1 aromatic heterocycles. The molecule has 0 aliphatic rings. The predicted molar refractivity (Wildman–Crippen MR) is 129 cm³/mol. The Hall–Kier alpha value is -3.81. The molecule has 0 spiro atoms. The molecule has 2 aromatic carbocycles. The SMILES string of the molecule is CCOC(=O)CC(=O)CC.CCc1cc(=O)oc2cc(O)c(C)cc12.Cc1ccc(O)cc1O. The molecule has 8 nitrogen and oxygen atoms in total. The summed E-state index contributed by atoms with van der Waals surface area (Å²) in [5.41, 5.74) is 2.58. The average molecular weight is 473 g/mol. The Balaban J connectivity index is 0.000000268. The van der Waals surface area contributed by atoms with E-state index in [1.807, 2.05) is 19.9 Å². The molecular weight excluding hydrogens is 440 g/mol. The number of rotatable bonds is 5. The van der Waals surface area contributed by atoms with Crippen molar-refractivity contribution in [2.24, 2.45) is 0 Å². The van der Waals surface area contributed by atoms with Crippen molar-refractivity contribution < 1.29 is 34.1 Å². The van der Waals surface area contributed by atoms with Crippen LogP contribution < -0.4 is 5.63 Å². The summed E-state index contributed by atoms with van der Waals surface area (Å²) < 4.78 is 9.58. The summed E-state index contributed by atoms with van der Waals surface area (Å²) in [7, 11) is 0. The van der Waals surface area contributed by atoms with Crippen molar-refractivity contribution >= 4 is 22.7 Å². The molecule has 8 heteroatoms. The van der Waals surface area contributed by atoms with Crippen LogP contribution in [0, 0.1) is 13.8 Å². The number of aromatic hydroxyl groups is 3. The molecule has 0 aliphatic heterocycles. The maximum atomic E-state index is 11.2. The number of ketones is 1. The highest BCUT2D eigenvalue weighted by molar-refractivity contribution is 5.95. The quantitative estimate of drug-likeness (QED) is 0.276. The second-order valence-corrected chi connectivity index (χ2v) is 7.42. The van der Waals surface area contributed by atoms with Gasteiger partial charge >= 0.3 is 11.6 Å². The lowest BCUT2D eigenvalue weighted by Crippen LogP contribution is -2.09. The van der Waals surface area contributed by atoms with Crippen molar-refractivity contribution in [1.82, 2.24) is 0 Å². The number of ether oxygens (including phenoxy) is 1. The summed E-state index contributed by atoms with van der Waals surface area (Å²) in [6.45, 7) is 9.36. The largest absolute Gasteiger partial charge is 0.508 e. The lowest BCUT2D eigenvalue weighted by atomic mass is 10.1. The van der Waals surface area contributed by atoms with Crippen molar-refractivity contribution in [3.05, 3.63) is 63.5 Å². The Kier molecular flexibility index (Phi) is 11.3. The minimum Gasteiger partial charge on any atom is -0.508 e. The molecule has 0 bridgehead atoms. The Morgan fingerprint density at radius 2 is 1.56 bits per heavy atom. The maximum Gasteiger partial charge on any atom is 0.336 e. The van der Waals surface area contributed by atoms with Crippen molar-refractivity contribution in [3.63, 3.8) is 0 Å². The van der Waals surface area contributed by atoms with Gasteiger partial charge in [0.1, 0.15) is 35.0 Å². The van der Waals surface area contributed by atoms with Crippen molar-refractivity contribution in [3.8, 4) is 17.2 Å². The summed E-state index contributed by atoms with van der Waals surface area (Å²) in [6, 6.07) is 9.34. The maximum absolute atomic E-state index is 11.2. The fraction of sp³-hybridized carbons (Fsp3) is 0.346. The number of phenolic OH excluding ortho intramolecular Hbond substituents is 3. The molecule has 0 saturated carbocycles. The van der Waals surface area contributed by atoms with Crippen LogP contribution in [0.3, 0.4) is 0 Å². The van der Waals surface area contributed by atoms with Gasteiger partial charge in [0.05, 0.1) is 6.61 Å². The zero-order valence-electron chi connectivity index (χ0n) is 20.2. The molecule has 3 N–H and O–H groups in total. The molecule has 0 fully saturated rings. The number of carbonyl (C=O) groups is 2. The van der Waals surface area contributed by atoms with Crippen LogP contribution in [0.25, 0.3) is 11.0 Å². The first kappa shape index (κ1) is 28.2. The Morgan fingerprint density at radius 1 is 0.912 bits per heavy atom. The zero-order chi connectivity index (χ0) is 25.8. The van der Waals surface area contributed by atoms with Gasteiger partial charge in [0, 0.05) is 30.0 Å². The van der Waals surface area contributed by atoms with Gasteiger partial charge in [0.2, 0.25) is 0 Å². The van der Waals surface area contributed by atoms with Crippen LogP contribution in [0.2, 0.25) is 0 Å². The van der Waals surface area contributed by atoms with Crippen LogP contribution in [0.4, 0.5) is 0 Å². The van der Waals surface area contributed by atoms with Crippen LogP contribution in [-0.2, 0) is 20.7 Å². The van der Waals surface area contributed by atoms with Crippen LogP contribution in [0.5, 0.6) is 17.2 Å². The van der Waals surface area contributed by atoms with Crippen molar-refractivity contribution in [1.29, 1.82) is 0 Å². The second kappa shape index (κ2) is 13.7. The molecule has 0 atom stereocenters. The molecule has 1 heterocycles. The van der Waals surface area contributed by atoms with E-state index in [1.54, 1.807) is 26.8 Å². The molecule has 0 saturated heterocycles.